The van der Waals surface area contributed by atoms with Crippen LogP contribution in [0.2, 0.25) is 0 Å². The van der Waals surface area contributed by atoms with Crippen LogP contribution in [0, 0.1) is 0 Å². The van der Waals surface area contributed by atoms with Crippen LogP contribution in [-0.4, -0.2) is 24.5 Å². The van der Waals surface area contributed by atoms with E-state index in [0.717, 1.165) is 28.2 Å². The van der Waals surface area contributed by atoms with Gasteiger partial charge in [-0.3, -0.25) is 0 Å². The number of nitrogens with one attached hydrogen (secondary N) is 2. The van der Waals surface area contributed by atoms with E-state index < -0.39 is 0 Å². The van der Waals surface area contributed by atoms with E-state index in [1.165, 1.54) is 4.90 Å². The standard InChI is InChI=1S/C16H17BrN2OS2/c1-20-14-6-4-13(5-7-14)19-16(21)18-10-11-22-15-8-2-12(17)3-9-15/h2-9H,10-11H2,1H3,(H2,18,19,21). The lowest BCUT2D eigenvalue weighted by atomic mass is 10.3. The molecule has 0 aliphatic carbocycles. The van der Waals surface area contributed by atoms with Crippen molar-refractivity contribution in [3.63, 3.8) is 0 Å². The molecule has 2 aromatic carbocycles. The largest absolute Gasteiger partial charge is 0.497 e. The Morgan fingerprint density at radius 2 is 1.82 bits per heavy atom. The van der Waals surface area contributed by atoms with Crippen LogP contribution in [0.25, 0.3) is 0 Å². The van der Waals surface area contributed by atoms with Crippen molar-refractivity contribution >= 4 is 50.7 Å². The summed E-state index contributed by atoms with van der Waals surface area (Å²) in [6.07, 6.45) is 0. The number of benzene rings is 2. The van der Waals surface area contributed by atoms with Crippen LogP contribution in [0.4, 0.5) is 5.69 Å². The van der Waals surface area contributed by atoms with Crippen LogP contribution in [0.5, 0.6) is 5.75 Å². The fourth-order valence-electron chi connectivity index (χ4n) is 1.71. The smallest absolute Gasteiger partial charge is 0.170 e. The van der Waals surface area contributed by atoms with Crippen molar-refractivity contribution < 1.29 is 4.74 Å². The summed E-state index contributed by atoms with van der Waals surface area (Å²) in [5, 5.41) is 6.98. The van der Waals surface area contributed by atoms with Gasteiger partial charge in [0.1, 0.15) is 5.75 Å². The molecule has 2 aromatic rings. The van der Waals surface area contributed by atoms with Crippen LogP contribution in [0.1, 0.15) is 0 Å². The molecule has 3 nitrogen and oxygen atoms in total. The molecule has 6 heteroatoms. The number of rotatable bonds is 6. The Bertz CT molecular complexity index is 603. The molecule has 0 saturated heterocycles. The number of hydrogen-bond acceptors (Lipinski definition) is 3. The van der Waals surface area contributed by atoms with Crippen LogP contribution in [0.3, 0.4) is 0 Å². The molecule has 22 heavy (non-hydrogen) atoms. The molecule has 0 bridgehead atoms. The van der Waals surface area contributed by atoms with Crippen LogP contribution in [-0.2, 0) is 0 Å². The van der Waals surface area contributed by atoms with Gasteiger partial charge in [-0.15, -0.1) is 11.8 Å². The summed E-state index contributed by atoms with van der Waals surface area (Å²) < 4.78 is 6.22. The number of hydrogen-bond donors (Lipinski definition) is 2. The first-order valence-corrected chi connectivity index (χ1v) is 8.93. The van der Waals surface area contributed by atoms with Crippen LogP contribution >= 0.6 is 39.9 Å². The average molecular weight is 397 g/mol. The minimum absolute atomic E-state index is 0.626. The highest BCUT2D eigenvalue weighted by Crippen LogP contribution is 2.20. The van der Waals surface area contributed by atoms with Gasteiger partial charge in [-0.25, -0.2) is 0 Å². The summed E-state index contributed by atoms with van der Waals surface area (Å²) in [7, 11) is 1.65. The van der Waals surface area contributed by atoms with Crippen LogP contribution in [0.15, 0.2) is 57.9 Å². The maximum Gasteiger partial charge on any atom is 0.170 e. The molecule has 0 fully saturated rings. The van der Waals surface area contributed by atoms with Gasteiger partial charge in [0, 0.05) is 27.4 Å². The normalized spacial score (nSPS) is 10.1. The highest BCUT2D eigenvalue weighted by atomic mass is 79.9. The summed E-state index contributed by atoms with van der Waals surface area (Å²) in [5.74, 6) is 1.78. The second kappa shape index (κ2) is 9.02. The van der Waals surface area contributed by atoms with Gasteiger partial charge < -0.3 is 15.4 Å². The van der Waals surface area contributed by atoms with Gasteiger partial charge in [-0.1, -0.05) is 15.9 Å². The van der Waals surface area contributed by atoms with Gasteiger partial charge >= 0.3 is 0 Å². The molecule has 0 saturated carbocycles. The Labute approximate surface area is 149 Å². The molecular formula is C16H17BrN2OS2. The zero-order chi connectivity index (χ0) is 15.8. The molecule has 0 atom stereocenters. The quantitative estimate of drug-likeness (QED) is 0.425. The Morgan fingerprint density at radius 1 is 1.14 bits per heavy atom. The summed E-state index contributed by atoms with van der Waals surface area (Å²) in [5.41, 5.74) is 0.943. The van der Waals surface area contributed by atoms with Gasteiger partial charge in [0.25, 0.3) is 0 Å². The first-order chi connectivity index (χ1) is 10.7. The molecular weight excluding hydrogens is 380 g/mol. The van der Waals surface area contributed by atoms with Crippen molar-refractivity contribution in [1.29, 1.82) is 0 Å². The first kappa shape index (κ1) is 17.1. The molecule has 0 unspecified atom stereocenters. The molecule has 0 aliphatic rings. The third kappa shape index (κ3) is 5.87. The topological polar surface area (TPSA) is 33.3 Å². The van der Waals surface area contributed by atoms with Crippen molar-refractivity contribution in [1.82, 2.24) is 5.32 Å². The van der Waals surface area contributed by atoms with E-state index in [1.54, 1.807) is 18.9 Å². The predicted octanol–water partition coefficient (Wildman–Crippen LogP) is 4.54. The third-order valence-electron chi connectivity index (χ3n) is 2.82. The zero-order valence-corrected chi connectivity index (χ0v) is 15.4. The SMILES string of the molecule is COc1ccc(NC(=S)NCCSc2ccc(Br)cc2)cc1. The molecule has 2 N–H and O–H groups in total. The highest BCUT2D eigenvalue weighted by molar-refractivity contribution is 9.10. The molecule has 0 radical (unpaired) electrons. The molecule has 0 heterocycles. The van der Waals surface area contributed by atoms with E-state index in [-0.39, 0.29) is 0 Å². The number of halogens is 1. The van der Waals surface area contributed by atoms with E-state index in [4.69, 9.17) is 17.0 Å². The Morgan fingerprint density at radius 3 is 2.45 bits per heavy atom. The number of methoxy groups -OCH3 is 1. The Hall–Kier alpha value is -1.24. The molecule has 116 valence electrons. The monoisotopic (exact) mass is 396 g/mol. The van der Waals surface area contributed by atoms with Gasteiger partial charge in [0.2, 0.25) is 0 Å². The number of anilines is 1. The minimum Gasteiger partial charge on any atom is -0.497 e. The predicted molar refractivity (Wildman–Crippen MR) is 102 cm³/mol. The Balaban J connectivity index is 1.67. The zero-order valence-electron chi connectivity index (χ0n) is 12.1. The maximum atomic E-state index is 5.28. The van der Waals surface area contributed by atoms with Gasteiger partial charge in [0.15, 0.2) is 5.11 Å². The molecule has 2 rings (SSSR count). The highest BCUT2D eigenvalue weighted by Gasteiger charge is 1.99. The fraction of sp³-hybridized carbons (Fsp3) is 0.188. The molecule has 0 amide bonds. The van der Waals surface area contributed by atoms with Gasteiger partial charge in [0.05, 0.1) is 7.11 Å². The third-order valence-corrected chi connectivity index (χ3v) is 4.61. The first-order valence-electron chi connectivity index (χ1n) is 6.74. The van der Waals surface area contributed by atoms with E-state index in [9.17, 15) is 0 Å². The van der Waals surface area contributed by atoms with E-state index in [1.807, 2.05) is 36.4 Å². The average Bonchev–Trinajstić information content (AvgIpc) is 2.54. The summed E-state index contributed by atoms with van der Waals surface area (Å²) in [4.78, 5) is 1.25. The van der Waals surface area contributed by atoms with E-state index >= 15 is 0 Å². The molecule has 0 spiro atoms. The summed E-state index contributed by atoms with van der Waals surface area (Å²) in [6, 6.07) is 16.0. The van der Waals surface area contributed by atoms with Crippen LogP contribution < -0.4 is 15.4 Å². The number of thioether (sulfide) groups is 1. The number of ether oxygens (including phenoxy) is 1. The van der Waals surface area contributed by atoms with Crippen molar-refractivity contribution in [2.45, 2.75) is 4.90 Å². The van der Waals surface area contributed by atoms with Crippen molar-refractivity contribution in [3.8, 4) is 5.75 Å². The van der Waals surface area contributed by atoms with E-state index in [0.29, 0.717) is 5.11 Å². The van der Waals surface area contributed by atoms with Crippen molar-refractivity contribution in [3.05, 3.63) is 53.0 Å². The summed E-state index contributed by atoms with van der Waals surface area (Å²) >= 11 is 10.5. The number of thiocarbonyl (C=S) groups is 1. The minimum atomic E-state index is 0.626. The van der Waals surface area contributed by atoms with Crippen molar-refractivity contribution in [2.75, 3.05) is 24.7 Å². The van der Waals surface area contributed by atoms with Gasteiger partial charge in [-0.05, 0) is 60.7 Å². The summed E-state index contributed by atoms with van der Waals surface area (Å²) in [6.45, 7) is 0.808. The second-order valence-electron chi connectivity index (χ2n) is 4.41. The molecule has 0 aromatic heterocycles. The fourth-order valence-corrected chi connectivity index (χ4v) is 2.97. The molecule has 0 aliphatic heterocycles. The lowest BCUT2D eigenvalue weighted by molar-refractivity contribution is 0.415. The maximum absolute atomic E-state index is 5.28. The van der Waals surface area contributed by atoms with Crippen molar-refractivity contribution in [2.24, 2.45) is 0 Å². The lowest BCUT2D eigenvalue weighted by Gasteiger charge is -2.10. The van der Waals surface area contributed by atoms with E-state index in [2.05, 4.69) is 38.7 Å². The lowest BCUT2D eigenvalue weighted by Crippen LogP contribution is -2.30. The Kier molecular flexibility index (Phi) is 7.02. The van der Waals surface area contributed by atoms with Gasteiger partial charge in [-0.2, -0.15) is 0 Å². The second-order valence-corrected chi connectivity index (χ2v) is 6.90.